The Hall–Kier alpha value is -1.31. The van der Waals surface area contributed by atoms with Crippen molar-refractivity contribution in [2.24, 2.45) is 0 Å². The highest BCUT2D eigenvalue weighted by atomic mass is 16.5. The molecule has 0 aliphatic rings. The lowest BCUT2D eigenvalue weighted by Gasteiger charge is -2.18. The molecule has 2 heteroatoms. The van der Waals surface area contributed by atoms with Crippen LogP contribution in [0.1, 0.15) is 121 Å². The van der Waals surface area contributed by atoms with Gasteiger partial charge in [0.15, 0.2) is 0 Å². The quantitative estimate of drug-likeness (QED) is 0.245. The minimum absolute atomic E-state index is 0.109. The van der Waals surface area contributed by atoms with Gasteiger partial charge in [-0.05, 0) is 29.5 Å². The van der Waals surface area contributed by atoms with Crippen molar-refractivity contribution in [3.63, 3.8) is 0 Å². The van der Waals surface area contributed by atoms with E-state index in [1.165, 1.54) is 69.8 Å². The van der Waals surface area contributed by atoms with Crippen LogP contribution < -0.4 is 0 Å². The van der Waals surface area contributed by atoms with Crippen LogP contribution in [0, 0.1) is 0 Å². The molecule has 0 saturated carbocycles. The second kappa shape index (κ2) is 13.8. The zero-order valence-corrected chi connectivity index (χ0v) is 18.3. The first-order valence-corrected chi connectivity index (χ1v) is 11.2. The molecule has 0 saturated heterocycles. The van der Waals surface area contributed by atoms with Gasteiger partial charge in [0.05, 0.1) is 12.2 Å². The van der Waals surface area contributed by atoms with E-state index in [0.29, 0.717) is 12.2 Å². The van der Waals surface area contributed by atoms with Gasteiger partial charge >= 0.3 is 5.97 Å². The average Bonchev–Trinajstić information content (AvgIpc) is 2.64. The molecule has 0 bridgehead atoms. The number of carbonyl (C=O) groups excluding carboxylic acids is 1. The summed E-state index contributed by atoms with van der Waals surface area (Å²) in [7, 11) is 0. The molecule has 0 amide bonds. The van der Waals surface area contributed by atoms with Crippen LogP contribution in [0.15, 0.2) is 24.3 Å². The highest BCUT2D eigenvalue weighted by Crippen LogP contribution is 2.22. The van der Waals surface area contributed by atoms with Crippen molar-refractivity contribution in [1.29, 1.82) is 0 Å². The predicted molar refractivity (Wildman–Crippen MR) is 117 cm³/mol. The fraction of sp³-hybridized carbons (Fsp3) is 0.720. The summed E-state index contributed by atoms with van der Waals surface area (Å²) in [5.41, 5.74) is 2.00. The molecule has 1 aromatic carbocycles. The molecule has 0 unspecified atom stereocenters. The molecule has 0 fully saturated rings. The lowest BCUT2D eigenvalue weighted by atomic mass is 9.87. The van der Waals surface area contributed by atoms with Crippen molar-refractivity contribution in [3.05, 3.63) is 35.4 Å². The van der Waals surface area contributed by atoms with E-state index in [9.17, 15) is 4.79 Å². The molecular formula is C25H42O2. The van der Waals surface area contributed by atoms with Gasteiger partial charge < -0.3 is 4.74 Å². The minimum atomic E-state index is -0.196. The molecule has 0 aliphatic heterocycles. The molecule has 0 atom stereocenters. The summed E-state index contributed by atoms with van der Waals surface area (Å²) in [6.07, 6.45) is 15.8. The second-order valence-electron chi connectivity index (χ2n) is 8.85. The van der Waals surface area contributed by atoms with Gasteiger partial charge in [0.2, 0.25) is 0 Å². The Balaban J connectivity index is 1.99. The molecule has 0 aliphatic carbocycles. The standard InChI is InChI=1S/C25H42O2/c1-5-6-7-8-9-10-11-12-13-14-15-16-21-27-24(26)22-17-19-23(20-18-22)25(2,3)4/h17-20H,5-16,21H2,1-4H3. The van der Waals surface area contributed by atoms with Crippen molar-refractivity contribution in [2.45, 2.75) is 110 Å². The second-order valence-corrected chi connectivity index (χ2v) is 8.85. The zero-order chi connectivity index (χ0) is 20.0. The maximum atomic E-state index is 12.1. The van der Waals surface area contributed by atoms with E-state index in [1.54, 1.807) is 0 Å². The lowest BCUT2D eigenvalue weighted by Crippen LogP contribution is -2.12. The first-order chi connectivity index (χ1) is 12.9. The van der Waals surface area contributed by atoms with Crippen molar-refractivity contribution in [3.8, 4) is 0 Å². The smallest absolute Gasteiger partial charge is 0.338 e. The number of benzene rings is 1. The third-order valence-corrected chi connectivity index (χ3v) is 5.22. The van der Waals surface area contributed by atoms with Gasteiger partial charge in [-0.15, -0.1) is 0 Å². The highest BCUT2D eigenvalue weighted by molar-refractivity contribution is 5.89. The Kier molecular flexibility index (Phi) is 12.1. The monoisotopic (exact) mass is 374 g/mol. The molecule has 0 aromatic heterocycles. The van der Waals surface area contributed by atoms with Gasteiger partial charge in [0.1, 0.15) is 0 Å². The van der Waals surface area contributed by atoms with Gasteiger partial charge in [-0.25, -0.2) is 4.79 Å². The number of hydrogen-bond acceptors (Lipinski definition) is 2. The van der Waals surface area contributed by atoms with Gasteiger partial charge in [-0.2, -0.15) is 0 Å². The Morgan fingerprint density at radius 2 is 1.19 bits per heavy atom. The van der Waals surface area contributed by atoms with Crippen LogP contribution >= 0.6 is 0 Å². The number of carbonyl (C=O) groups is 1. The van der Waals surface area contributed by atoms with Crippen molar-refractivity contribution < 1.29 is 9.53 Å². The van der Waals surface area contributed by atoms with E-state index < -0.39 is 0 Å². The number of esters is 1. The molecule has 27 heavy (non-hydrogen) atoms. The average molecular weight is 375 g/mol. The predicted octanol–water partition coefficient (Wildman–Crippen LogP) is 7.84. The highest BCUT2D eigenvalue weighted by Gasteiger charge is 2.14. The van der Waals surface area contributed by atoms with E-state index in [0.717, 1.165) is 12.8 Å². The summed E-state index contributed by atoms with van der Waals surface area (Å²) < 4.78 is 5.41. The topological polar surface area (TPSA) is 26.3 Å². The largest absolute Gasteiger partial charge is 0.462 e. The number of ether oxygens (including phenoxy) is 1. The lowest BCUT2D eigenvalue weighted by molar-refractivity contribution is 0.0497. The molecule has 0 radical (unpaired) electrons. The third-order valence-electron chi connectivity index (χ3n) is 5.22. The SMILES string of the molecule is CCCCCCCCCCCCCCOC(=O)c1ccc(C(C)(C)C)cc1. The molecule has 1 aromatic rings. The maximum absolute atomic E-state index is 12.1. The summed E-state index contributed by atoms with van der Waals surface area (Å²) in [6.45, 7) is 9.33. The van der Waals surface area contributed by atoms with Crippen molar-refractivity contribution in [2.75, 3.05) is 6.61 Å². The molecular weight excluding hydrogens is 332 g/mol. The minimum Gasteiger partial charge on any atom is -0.462 e. The molecule has 0 spiro atoms. The van der Waals surface area contributed by atoms with Crippen LogP contribution in [0.2, 0.25) is 0 Å². The normalized spacial score (nSPS) is 11.6. The van der Waals surface area contributed by atoms with Gasteiger partial charge in [0.25, 0.3) is 0 Å². The summed E-state index contributed by atoms with van der Waals surface area (Å²) in [5, 5.41) is 0. The van der Waals surface area contributed by atoms with Gasteiger partial charge in [-0.1, -0.05) is 110 Å². The van der Waals surface area contributed by atoms with Gasteiger partial charge in [0, 0.05) is 0 Å². The Morgan fingerprint density at radius 3 is 1.63 bits per heavy atom. The Morgan fingerprint density at radius 1 is 0.741 bits per heavy atom. The molecule has 1 rings (SSSR count). The van der Waals surface area contributed by atoms with E-state index >= 15 is 0 Å². The van der Waals surface area contributed by atoms with E-state index in [2.05, 4.69) is 27.7 Å². The van der Waals surface area contributed by atoms with E-state index in [1.807, 2.05) is 24.3 Å². The number of rotatable bonds is 14. The molecule has 2 nitrogen and oxygen atoms in total. The van der Waals surface area contributed by atoms with Crippen LogP contribution in [0.25, 0.3) is 0 Å². The molecule has 154 valence electrons. The third kappa shape index (κ3) is 11.2. The fourth-order valence-electron chi connectivity index (χ4n) is 3.30. The zero-order valence-electron chi connectivity index (χ0n) is 18.3. The first kappa shape index (κ1) is 23.7. The van der Waals surface area contributed by atoms with Gasteiger partial charge in [-0.3, -0.25) is 0 Å². The Bertz CT molecular complexity index is 496. The van der Waals surface area contributed by atoms with Crippen molar-refractivity contribution >= 4 is 5.97 Å². The van der Waals surface area contributed by atoms with Crippen LogP contribution in [0.5, 0.6) is 0 Å². The summed E-state index contributed by atoms with van der Waals surface area (Å²) in [4.78, 5) is 12.1. The van der Waals surface area contributed by atoms with Crippen LogP contribution in [-0.2, 0) is 10.2 Å². The number of unbranched alkanes of at least 4 members (excludes halogenated alkanes) is 11. The molecule has 0 N–H and O–H groups in total. The first-order valence-electron chi connectivity index (χ1n) is 11.2. The maximum Gasteiger partial charge on any atom is 0.338 e. The van der Waals surface area contributed by atoms with Crippen molar-refractivity contribution in [1.82, 2.24) is 0 Å². The van der Waals surface area contributed by atoms with E-state index in [4.69, 9.17) is 4.74 Å². The van der Waals surface area contributed by atoms with Crippen LogP contribution in [-0.4, -0.2) is 12.6 Å². The fourth-order valence-corrected chi connectivity index (χ4v) is 3.30. The summed E-state index contributed by atoms with van der Waals surface area (Å²) in [5.74, 6) is -0.196. The van der Waals surface area contributed by atoms with E-state index in [-0.39, 0.29) is 11.4 Å². The summed E-state index contributed by atoms with van der Waals surface area (Å²) >= 11 is 0. The van der Waals surface area contributed by atoms with Crippen LogP contribution in [0.4, 0.5) is 0 Å². The molecule has 0 heterocycles. The Labute approximate surface area is 168 Å². The number of hydrogen-bond donors (Lipinski definition) is 0. The summed E-state index contributed by atoms with van der Waals surface area (Å²) in [6, 6.07) is 7.82. The van der Waals surface area contributed by atoms with Crippen LogP contribution in [0.3, 0.4) is 0 Å².